The number of fused-ring (bicyclic) bond motifs is 2. The second-order valence-electron chi connectivity index (χ2n) is 8.20. The van der Waals surface area contributed by atoms with Crippen LogP contribution in [0.2, 0.25) is 0 Å². The molecule has 31 heavy (non-hydrogen) atoms. The third-order valence-electron chi connectivity index (χ3n) is 5.73. The molecule has 0 saturated heterocycles. The third-order valence-corrected chi connectivity index (χ3v) is 5.73. The summed E-state index contributed by atoms with van der Waals surface area (Å²) in [4.78, 5) is 11.5. The maximum atomic E-state index is 5.92. The zero-order valence-electron chi connectivity index (χ0n) is 18.2. The predicted molar refractivity (Wildman–Crippen MR) is 118 cm³/mol. The number of anilines is 1. The van der Waals surface area contributed by atoms with Crippen molar-refractivity contribution in [1.82, 2.24) is 29.8 Å². The Kier molecular flexibility index (Phi) is 4.77. The van der Waals surface area contributed by atoms with Crippen molar-refractivity contribution in [1.29, 1.82) is 0 Å². The van der Waals surface area contributed by atoms with Crippen LogP contribution in [0.3, 0.4) is 0 Å². The number of rotatable bonds is 4. The summed E-state index contributed by atoms with van der Waals surface area (Å²) in [5.74, 6) is 1.60. The summed E-state index contributed by atoms with van der Waals surface area (Å²) in [5, 5.41) is 13.0. The SMILES string of the molecule is Cc1c(N2CCc3ncc(-c4cccnc4OC(C)C)cc3C2)nn2cnnc2c1C. The van der Waals surface area contributed by atoms with E-state index in [4.69, 9.17) is 14.8 Å². The third kappa shape index (κ3) is 3.48. The van der Waals surface area contributed by atoms with Gasteiger partial charge in [0.1, 0.15) is 6.33 Å². The average Bonchev–Trinajstić information content (AvgIpc) is 3.24. The highest BCUT2D eigenvalue weighted by molar-refractivity contribution is 5.69. The maximum absolute atomic E-state index is 5.92. The summed E-state index contributed by atoms with van der Waals surface area (Å²) in [6, 6.07) is 6.17. The smallest absolute Gasteiger partial charge is 0.221 e. The molecule has 0 radical (unpaired) electrons. The van der Waals surface area contributed by atoms with Crippen LogP contribution < -0.4 is 9.64 Å². The van der Waals surface area contributed by atoms with Gasteiger partial charge in [0, 0.05) is 59.9 Å². The Labute approximate surface area is 180 Å². The molecule has 8 heteroatoms. The van der Waals surface area contributed by atoms with Crippen LogP contribution in [0.4, 0.5) is 5.82 Å². The molecular formula is C23H25N7O. The lowest BCUT2D eigenvalue weighted by atomic mass is 10.00. The van der Waals surface area contributed by atoms with E-state index in [2.05, 4.69) is 40.0 Å². The van der Waals surface area contributed by atoms with Crippen LogP contribution in [0.5, 0.6) is 5.88 Å². The lowest BCUT2D eigenvalue weighted by Crippen LogP contribution is -2.32. The number of aromatic nitrogens is 6. The standard InChI is InChI=1S/C23H25N7O/c1-14(2)31-23-19(6-5-8-24-23)17-10-18-12-29(9-7-20(18)25-11-17)22-16(4)15(3)21-27-26-13-30(21)28-22/h5-6,8,10-11,13-14H,7,9,12H2,1-4H3. The minimum atomic E-state index is 0.0552. The highest BCUT2D eigenvalue weighted by atomic mass is 16.5. The zero-order valence-corrected chi connectivity index (χ0v) is 18.2. The number of pyridine rings is 2. The van der Waals surface area contributed by atoms with Gasteiger partial charge in [-0.3, -0.25) is 4.98 Å². The van der Waals surface area contributed by atoms with Crippen LogP contribution in [-0.2, 0) is 13.0 Å². The minimum absolute atomic E-state index is 0.0552. The van der Waals surface area contributed by atoms with Crippen LogP contribution in [0, 0.1) is 13.8 Å². The molecule has 0 N–H and O–H groups in total. The number of nitrogens with zero attached hydrogens (tertiary/aromatic N) is 7. The number of aryl methyl sites for hydroxylation is 1. The van der Waals surface area contributed by atoms with E-state index in [1.807, 2.05) is 32.2 Å². The Morgan fingerprint density at radius 3 is 2.84 bits per heavy atom. The van der Waals surface area contributed by atoms with Gasteiger partial charge in [0.05, 0.1) is 6.10 Å². The van der Waals surface area contributed by atoms with E-state index < -0.39 is 0 Å². The molecule has 8 nitrogen and oxygen atoms in total. The molecule has 0 aliphatic carbocycles. The average molecular weight is 416 g/mol. The molecule has 5 rings (SSSR count). The Bertz CT molecular complexity index is 1260. The van der Waals surface area contributed by atoms with Crippen LogP contribution >= 0.6 is 0 Å². The van der Waals surface area contributed by atoms with Crippen LogP contribution in [0.25, 0.3) is 16.8 Å². The van der Waals surface area contributed by atoms with Crippen molar-refractivity contribution in [3.63, 3.8) is 0 Å². The fourth-order valence-corrected chi connectivity index (χ4v) is 4.04. The molecule has 0 unspecified atom stereocenters. The van der Waals surface area contributed by atoms with Gasteiger partial charge in [-0.25, -0.2) is 4.98 Å². The van der Waals surface area contributed by atoms with E-state index >= 15 is 0 Å². The lowest BCUT2D eigenvalue weighted by Gasteiger charge is -2.30. The Morgan fingerprint density at radius 2 is 2.00 bits per heavy atom. The fourth-order valence-electron chi connectivity index (χ4n) is 4.04. The largest absolute Gasteiger partial charge is 0.475 e. The first-order valence-electron chi connectivity index (χ1n) is 10.5. The van der Waals surface area contributed by atoms with Gasteiger partial charge in [-0.1, -0.05) is 0 Å². The molecule has 5 heterocycles. The summed E-state index contributed by atoms with van der Waals surface area (Å²) in [7, 11) is 0. The van der Waals surface area contributed by atoms with E-state index in [1.165, 1.54) is 5.56 Å². The van der Waals surface area contributed by atoms with Crippen LogP contribution in [0.1, 0.15) is 36.2 Å². The van der Waals surface area contributed by atoms with Crippen molar-refractivity contribution in [3.8, 4) is 17.0 Å². The summed E-state index contributed by atoms with van der Waals surface area (Å²) < 4.78 is 7.68. The van der Waals surface area contributed by atoms with Gasteiger partial charge in [-0.15, -0.1) is 15.3 Å². The van der Waals surface area contributed by atoms with Crippen molar-refractivity contribution >= 4 is 11.5 Å². The topological polar surface area (TPSA) is 81.3 Å². The minimum Gasteiger partial charge on any atom is -0.475 e. The molecule has 4 aromatic rings. The van der Waals surface area contributed by atoms with Gasteiger partial charge in [0.15, 0.2) is 11.5 Å². The van der Waals surface area contributed by atoms with Gasteiger partial charge in [0.2, 0.25) is 5.88 Å². The molecule has 0 fully saturated rings. The highest BCUT2D eigenvalue weighted by Crippen LogP contribution is 2.32. The van der Waals surface area contributed by atoms with Gasteiger partial charge < -0.3 is 9.64 Å². The number of hydrogen-bond acceptors (Lipinski definition) is 7. The van der Waals surface area contributed by atoms with Gasteiger partial charge >= 0.3 is 0 Å². The molecule has 1 aliphatic heterocycles. The number of ether oxygens (including phenoxy) is 1. The van der Waals surface area contributed by atoms with Crippen LogP contribution in [-0.4, -0.2) is 42.4 Å². The van der Waals surface area contributed by atoms with E-state index in [-0.39, 0.29) is 6.10 Å². The lowest BCUT2D eigenvalue weighted by molar-refractivity contribution is 0.234. The summed E-state index contributed by atoms with van der Waals surface area (Å²) >= 11 is 0. The molecule has 4 aromatic heterocycles. The predicted octanol–water partition coefficient (Wildman–Crippen LogP) is 3.55. The van der Waals surface area contributed by atoms with Gasteiger partial charge in [-0.2, -0.15) is 4.52 Å². The molecule has 0 saturated carbocycles. The first kappa shape index (κ1) is 19.4. The Balaban J connectivity index is 1.51. The molecule has 0 spiro atoms. The monoisotopic (exact) mass is 415 g/mol. The van der Waals surface area contributed by atoms with E-state index in [1.54, 1.807) is 17.0 Å². The molecule has 1 aliphatic rings. The molecule has 0 atom stereocenters. The zero-order chi connectivity index (χ0) is 21.5. The number of hydrogen-bond donors (Lipinski definition) is 0. The molecule has 0 bridgehead atoms. The van der Waals surface area contributed by atoms with E-state index in [0.29, 0.717) is 5.88 Å². The van der Waals surface area contributed by atoms with Crippen molar-refractivity contribution in [3.05, 3.63) is 59.3 Å². The second kappa shape index (κ2) is 7.61. The first-order chi connectivity index (χ1) is 15.0. The molecule has 0 aromatic carbocycles. The Hall–Kier alpha value is -3.55. The second-order valence-corrected chi connectivity index (χ2v) is 8.20. The first-order valence-corrected chi connectivity index (χ1v) is 10.5. The van der Waals surface area contributed by atoms with Gasteiger partial charge in [-0.05, 0) is 51.5 Å². The van der Waals surface area contributed by atoms with Crippen LogP contribution in [0.15, 0.2) is 36.9 Å². The van der Waals surface area contributed by atoms with E-state index in [9.17, 15) is 0 Å². The summed E-state index contributed by atoms with van der Waals surface area (Å²) in [5.41, 5.74) is 7.34. The van der Waals surface area contributed by atoms with Crippen molar-refractivity contribution in [2.24, 2.45) is 0 Å². The fraction of sp³-hybridized carbons (Fsp3) is 0.348. The Morgan fingerprint density at radius 1 is 1.13 bits per heavy atom. The molecular weight excluding hydrogens is 390 g/mol. The van der Waals surface area contributed by atoms with Crippen molar-refractivity contribution < 1.29 is 4.74 Å². The van der Waals surface area contributed by atoms with Crippen molar-refractivity contribution in [2.45, 2.75) is 46.8 Å². The van der Waals surface area contributed by atoms with Gasteiger partial charge in [0.25, 0.3) is 0 Å². The molecule has 0 amide bonds. The molecule has 158 valence electrons. The normalized spacial score (nSPS) is 13.6. The van der Waals surface area contributed by atoms with Crippen molar-refractivity contribution in [2.75, 3.05) is 11.4 Å². The summed E-state index contributed by atoms with van der Waals surface area (Å²) in [6.45, 7) is 9.80. The maximum Gasteiger partial charge on any atom is 0.221 e. The van der Waals surface area contributed by atoms with E-state index in [0.717, 1.165) is 58.9 Å². The highest BCUT2D eigenvalue weighted by Gasteiger charge is 2.23. The summed E-state index contributed by atoms with van der Waals surface area (Å²) in [6.07, 6.45) is 6.27. The quantitative estimate of drug-likeness (QED) is 0.504.